The number of amides is 1. The summed E-state index contributed by atoms with van der Waals surface area (Å²) in [6.45, 7) is 2.09. The van der Waals surface area contributed by atoms with Gasteiger partial charge in [0.05, 0.1) is 17.9 Å². The van der Waals surface area contributed by atoms with Gasteiger partial charge in [-0.2, -0.15) is 4.31 Å². The van der Waals surface area contributed by atoms with Crippen molar-refractivity contribution >= 4 is 21.6 Å². The first kappa shape index (κ1) is 20.3. The number of nitrogens with one attached hydrogen (secondary N) is 1. The number of benzene rings is 2. The van der Waals surface area contributed by atoms with Crippen LogP contribution in [-0.4, -0.2) is 38.8 Å². The van der Waals surface area contributed by atoms with E-state index in [1.807, 2.05) is 0 Å². The third-order valence-corrected chi connectivity index (χ3v) is 6.77. The van der Waals surface area contributed by atoms with E-state index < -0.39 is 21.8 Å². The van der Waals surface area contributed by atoms with Crippen molar-refractivity contribution in [3.8, 4) is 5.75 Å². The third-order valence-electron chi connectivity index (χ3n) is 4.89. The van der Waals surface area contributed by atoms with E-state index in [1.165, 1.54) is 29.6 Å². The van der Waals surface area contributed by atoms with Crippen LogP contribution in [0.5, 0.6) is 5.75 Å². The lowest BCUT2D eigenvalue weighted by Crippen LogP contribution is -2.43. The van der Waals surface area contributed by atoms with Gasteiger partial charge in [-0.15, -0.1) is 0 Å². The van der Waals surface area contributed by atoms with Crippen LogP contribution in [0.15, 0.2) is 47.4 Å². The van der Waals surface area contributed by atoms with Crippen LogP contribution < -0.4 is 10.1 Å². The smallest absolute Gasteiger partial charge is 0.243 e. The van der Waals surface area contributed by atoms with E-state index in [4.69, 9.17) is 4.74 Å². The van der Waals surface area contributed by atoms with Crippen molar-refractivity contribution in [3.63, 3.8) is 0 Å². The van der Waals surface area contributed by atoms with Gasteiger partial charge in [0, 0.05) is 18.8 Å². The van der Waals surface area contributed by atoms with E-state index in [-0.39, 0.29) is 17.3 Å². The molecule has 1 atom stereocenters. The lowest BCUT2D eigenvalue weighted by molar-refractivity contribution is -0.120. The number of sulfonamides is 1. The molecule has 0 bridgehead atoms. The minimum absolute atomic E-state index is 0.0918. The van der Waals surface area contributed by atoms with E-state index in [0.717, 1.165) is 0 Å². The van der Waals surface area contributed by atoms with Gasteiger partial charge in [-0.25, -0.2) is 12.8 Å². The van der Waals surface area contributed by atoms with Crippen LogP contribution in [0, 0.1) is 18.7 Å². The Hall–Kier alpha value is -2.45. The van der Waals surface area contributed by atoms with E-state index in [0.29, 0.717) is 36.4 Å². The summed E-state index contributed by atoms with van der Waals surface area (Å²) in [4.78, 5) is 12.7. The Labute approximate surface area is 164 Å². The van der Waals surface area contributed by atoms with E-state index in [2.05, 4.69) is 5.32 Å². The van der Waals surface area contributed by atoms with Gasteiger partial charge in [-0.1, -0.05) is 6.07 Å². The molecule has 6 nitrogen and oxygen atoms in total. The summed E-state index contributed by atoms with van der Waals surface area (Å²) in [5.41, 5.74) is 0.857. The molecule has 1 N–H and O–H groups in total. The normalized spacial score (nSPS) is 17.9. The number of ether oxygens (including phenoxy) is 1. The molecule has 2 aromatic carbocycles. The molecule has 1 saturated heterocycles. The quantitative estimate of drug-likeness (QED) is 0.828. The molecule has 0 aliphatic carbocycles. The molecule has 1 aliphatic heterocycles. The summed E-state index contributed by atoms with van der Waals surface area (Å²) >= 11 is 0. The fourth-order valence-corrected chi connectivity index (χ4v) is 4.71. The van der Waals surface area contributed by atoms with Crippen molar-refractivity contribution < 1.29 is 22.3 Å². The molecule has 0 unspecified atom stereocenters. The second-order valence-electron chi connectivity index (χ2n) is 6.83. The van der Waals surface area contributed by atoms with Gasteiger partial charge in [-0.3, -0.25) is 4.79 Å². The molecule has 8 heteroatoms. The number of hydrogen-bond acceptors (Lipinski definition) is 4. The number of halogens is 1. The predicted octanol–water partition coefficient (Wildman–Crippen LogP) is 3.18. The number of nitrogens with zero attached hydrogens (tertiary/aromatic N) is 1. The fourth-order valence-electron chi connectivity index (χ4n) is 3.19. The molecule has 0 aromatic heterocycles. The first-order valence-electron chi connectivity index (χ1n) is 9.02. The highest BCUT2D eigenvalue weighted by atomic mass is 32.2. The van der Waals surface area contributed by atoms with Crippen LogP contribution in [0.4, 0.5) is 10.1 Å². The zero-order chi connectivity index (χ0) is 20.3. The van der Waals surface area contributed by atoms with Gasteiger partial charge in [0.2, 0.25) is 15.9 Å². The molecule has 0 radical (unpaired) electrons. The van der Waals surface area contributed by atoms with Crippen LogP contribution in [0.25, 0.3) is 0 Å². The molecule has 1 fully saturated rings. The summed E-state index contributed by atoms with van der Waals surface area (Å²) in [5, 5.41) is 2.69. The van der Waals surface area contributed by atoms with Crippen LogP contribution in [-0.2, 0) is 14.8 Å². The highest BCUT2D eigenvalue weighted by molar-refractivity contribution is 7.89. The average molecular weight is 406 g/mol. The monoisotopic (exact) mass is 406 g/mol. The minimum Gasteiger partial charge on any atom is -0.497 e. The number of carbonyl (C=O) groups is 1. The molecule has 150 valence electrons. The fraction of sp³-hybridized carbons (Fsp3) is 0.350. The van der Waals surface area contributed by atoms with E-state index >= 15 is 0 Å². The molecular formula is C20H23FN2O4S. The van der Waals surface area contributed by atoms with Crippen LogP contribution in [0.3, 0.4) is 0 Å². The second-order valence-corrected chi connectivity index (χ2v) is 8.77. The standard InChI is InChI=1S/C20H23FN2O4S/c1-14-5-6-16(12-19(14)21)22-20(24)15-4-3-11-23(13-15)28(25,26)18-9-7-17(27-2)8-10-18/h5-10,12,15H,3-4,11,13H2,1-2H3,(H,22,24)/t15-/m1/s1. The van der Waals surface area contributed by atoms with Crippen molar-refractivity contribution in [2.75, 3.05) is 25.5 Å². The Morgan fingerprint density at radius 2 is 1.93 bits per heavy atom. The number of carbonyl (C=O) groups excluding carboxylic acids is 1. The lowest BCUT2D eigenvalue weighted by Gasteiger charge is -2.31. The molecule has 28 heavy (non-hydrogen) atoms. The summed E-state index contributed by atoms with van der Waals surface area (Å²) in [6, 6.07) is 10.7. The first-order chi connectivity index (χ1) is 13.3. The van der Waals surface area contributed by atoms with Gasteiger partial charge >= 0.3 is 0 Å². The van der Waals surface area contributed by atoms with E-state index in [9.17, 15) is 17.6 Å². The molecule has 1 heterocycles. The number of hydrogen-bond donors (Lipinski definition) is 1. The number of rotatable bonds is 5. The largest absolute Gasteiger partial charge is 0.497 e. The summed E-state index contributed by atoms with van der Waals surface area (Å²) in [6.07, 6.45) is 1.16. The summed E-state index contributed by atoms with van der Waals surface area (Å²) < 4.78 is 45.9. The first-order valence-corrected chi connectivity index (χ1v) is 10.5. The van der Waals surface area contributed by atoms with Crippen molar-refractivity contribution in [1.29, 1.82) is 0 Å². The maximum absolute atomic E-state index is 13.7. The van der Waals surface area contributed by atoms with Gasteiger partial charge in [-0.05, 0) is 61.7 Å². The van der Waals surface area contributed by atoms with Crippen molar-refractivity contribution in [1.82, 2.24) is 4.31 Å². The molecule has 2 aromatic rings. The van der Waals surface area contributed by atoms with Crippen LogP contribution in [0.2, 0.25) is 0 Å². The van der Waals surface area contributed by atoms with E-state index in [1.54, 1.807) is 31.2 Å². The lowest BCUT2D eigenvalue weighted by atomic mass is 9.98. The molecule has 1 aliphatic rings. The second kappa shape index (κ2) is 8.28. The maximum atomic E-state index is 13.7. The zero-order valence-electron chi connectivity index (χ0n) is 15.8. The predicted molar refractivity (Wildman–Crippen MR) is 104 cm³/mol. The van der Waals surface area contributed by atoms with Crippen LogP contribution >= 0.6 is 0 Å². The highest BCUT2D eigenvalue weighted by Gasteiger charge is 2.33. The molecule has 1 amide bonds. The Morgan fingerprint density at radius 3 is 2.57 bits per heavy atom. The van der Waals surface area contributed by atoms with Crippen molar-refractivity contribution in [3.05, 3.63) is 53.8 Å². The summed E-state index contributed by atoms with van der Waals surface area (Å²) in [7, 11) is -2.19. The number of methoxy groups -OCH3 is 1. The average Bonchev–Trinajstić information content (AvgIpc) is 2.71. The Bertz CT molecular complexity index is 961. The Kier molecular flexibility index (Phi) is 6.00. The number of piperidine rings is 1. The van der Waals surface area contributed by atoms with Gasteiger partial charge in [0.15, 0.2) is 0 Å². The molecule has 0 spiro atoms. The minimum atomic E-state index is -3.70. The van der Waals surface area contributed by atoms with Crippen molar-refractivity contribution in [2.45, 2.75) is 24.7 Å². The van der Waals surface area contributed by atoms with Crippen molar-refractivity contribution in [2.24, 2.45) is 5.92 Å². The molecular weight excluding hydrogens is 383 g/mol. The number of aryl methyl sites for hydroxylation is 1. The Morgan fingerprint density at radius 1 is 1.21 bits per heavy atom. The SMILES string of the molecule is COc1ccc(S(=O)(=O)N2CCC[C@@H](C(=O)Nc3ccc(C)c(F)c3)C2)cc1. The third kappa shape index (κ3) is 4.34. The Balaban J connectivity index is 1.71. The van der Waals surface area contributed by atoms with Gasteiger partial charge in [0.25, 0.3) is 0 Å². The highest BCUT2D eigenvalue weighted by Crippen LogP contribution is 2.26. The maximum Gasteiger partial charge on any atom is 0.243 e. The zero-order valence-corrected chi connectivity index (χ0v) is 16.6. The van der Waals surface area contributed by atoms with Gasteiger partial charge < -0.3 is 10.1 Å². The number of anilines is 1. The molecule has 3 rings (SSSR count). The molecule has 0 saturated carbocycles. The van der Waals surface area contributed by atoms with Gasteiger partial charge in [0.1, 0.15) is 11.6 Å². The van der Waals surface area contributed by atoms with Crippen LogP contribution in [0.1, 0.15) is 18.4 Å². The topological polar surface area (TPSA) is 75.7 Å². The summed E-state index contributed by atoms with van der Waals surface area (Å²) in [5.74, 6) is -0.630.